The summed E-state index contributed by atoms with van der Waals surface area (Å²) in [6.07, 6.45) is -4.45. The Labute approximate surface area is 168 Å². The lowest BCUT2D eigenvalue weighted by Crippen LogP contribution is -2.24. The topological polar surface area (TPSA) is 91.8 Å². The highest BCUT2D eigenvalue weighted by Crippen LogP contribution is 2.31. The molecule has 3 N–H and O–H groups in total. The number of amides is 1. The van der Waals surface area contributed by atoms with Gasteiger partial charge in [0.15, 0.2) is 0 Å². The molecule has 1 amide bonds. The molecule has 0 radical (unpaired) electrons. The third-order valence-corrected chi connectivity index (χ3v) is 4.23. The van der Waals surface area contributed by atoms with E-state index in [2.05, 4.69) is 10.3 Å². The predicted molar refractivity (Wildman–Crippen MR) is 101 cm³/mol. The molecule has 30 heavy (non-hydrogen) atoms. The number of halogens is 4. The first-order valence-electron chi connectivity index (χ1n) is 8.59. The highest BCUT2D eigenvalue weighted by Gasteiger charge is 2.30. The number of nitrogen functional groups attached to an aromatic ring is 1. The van der Waals surface area contributed by atoms with Crippen molar-refractivity contribution in [1.29, 1.82) is 5.26 Å². The van der Waals surface area contributed by atoms with E-state index < -0.39 is 23.5 Å². The van der Waals surface area contributed by atoms with Crippen LogP contribution in [-0.4, -0.2) is 10.9 Å². The second-order valence-electron chi connectivity index (χ2n) is 6.35. The summed E-state index contributed by atoms with van der Waals surface area (Å²) in [7, 11) is 0. The van der Waals surface area contributed by atoms with Gasteiger partial charge in [-0.05, 0) is 53.1 Å². The Morgan fingerprint density at radius 3 is 2.37 bits per heavy atom. The number of hydrogen-bond acceptors (Lipinski definition) is 4. The van der Waals surface area contributed by atoms with Crippen LogP contribution in [0.2, 0.25) is 0 Å². The van der Waals surface area contributed by atoms with Gasteiger partial charge in [-0.1, -0.05) is 18.2 Å². The summed E-state index contributed by atoms with van der Waals surface area (Å²) in [5.41, 5.74) is 6.09. The van der Waals surface area contributed by atoms with Crippen LogP contribution in [0, 0.1) is 17.1 Å². The Morgan fingerprint density at radius 2 is 1.77 bits per heavy atom. The van der Waals surface area contributed by atoms with Crippen molar-refractivity contribution >= 4 is 11.7 Å². The molecule has 1 aromatic heterocycles. The van der Waals surface area contributed by atoms with Crippen molar-refractivity contribution < 1.29 is 22.4 Å². The van der Waals surface area contributed by atoms with Crippen molar-refractivity contribution in [3.8, 4) is 17.2 Å². The normalized spacial score (nSPS) is 11.0. The Hall–Kier alpha value is -3.93. The minimum Gasteiger partial charge on any atom is -0.384 e. The molecule has 3 rings (SSSR count). The van der Waals surface area contributed by atoms with Crippen LogP contribution in [0.15, 0.2) is 54.6 Å². The second-order valence-corrected chi connectivity index (χ2v) is 6.35. The summed E-state index contributed by atoms with van der Waals surface area (Å²) in [5, 5.41) is 11.3. The van der Waals surface area contributed by atoms with Crippen LogP contribution in [0.1, 0.15) is 27.2 Å². The molecule has 0 aliphatic heterocycles. The molecule has 0 aliphatic rings. The Bertz CT molecular complexity index is 1140. The van der Waals surface area contributed by atoms with E-state index in [1.165, 1.54) is 36.4 Å². The number of benzene rings is 2. The van der Waals surface area contributed by atoms with Crippen LogP contribution in [0.25, 0.3) is 11.1 Å². The van der Waals surface area contributed by atoms with E-state index in [-0.39, 0.29) is 23.6 Å². The number of carbonyl (C=O) groups excluding carboxylic acids is 1. The van der Waals surface area contributed by atoms with Crippen LogP contribution in [-0.2, 0) is 12.7 Å². The molecule has 0 aliphatic carbocycles. The summed E-state index contributed by atoms with van der Waals surface area (Å²) >= 11 is 0. The predicted octanol–water partition coefficient (Wildman–Crippen LogP) is 4.29. The molecule has 9 heteroatoms. The average Bonchev–Trinajstić information content (AvgIpc) is 2.71. The highest BCUT2D eigenvalue weighted by atomic mass is 19.4. The molecule has 0 unspecified atom stereocenters. The molecule has 0 spiro atoms. The molecular formula is C21H14F4N4O. The third kappa shape index (κ3) is 4.72. The first kappa shape index (κ1) is 20.8. The molecule has 0 saturated heterocycles. The maximum atomic E-state index is 13.7. The number of nitrogens with one attached hydrogen (secondary N) is 1. The number of carbonyl (C=O) groups is 1. The number of nitriles is 1. The van der Waals surface area contributed by atoms with E-state index in [4.69, 9.17) is 11.0 Å². The van der Waals surface area contributed by atoms with E-state index >= 15 is 0 Å². The molecule has 1 heterocycles. The standard InChI is InChI=1S/C21H14F4N4O/c22-17-7-12(1-2-14(17)10-26)11-28-20(30)18-8-15(9-19(27)29-18)13-3-5-16(6-4-13)21(23,24)25/h1-9H,11H2,(H2,27,29)(H,28,30). The molecule has 2 aromatic carbocycles. The lowest BCUT2D eigenvalue weighted by molar-refractivity contribution is -0.137. The minimum atomic E-state index is -4.45. The van der Waals surface area contributed by atoms with Gasteiger partial charge in [-0.25, -0.2) is 9.37 Å². The maximum Gasteiger partial charge on any atom is 0.416 e. The van der Waals surface area contributed by atoms with Crippen molar-refractivity contribution in [1.82, 2.24) is 10.3 Å². The van der Waals surface area contributed by atoms with Gasteiger partial charge in [-0.15, -0.1) is 0 Å². The zero-order valence-corrected chi connectivity index (χ0v) is 15.3. The number of alkyl halides is 3. The number of rotatable bonds is 4. The third-order valence-electron chi connectivity index (χ3n) is 4.23. The smallest absolute Gasteiger partial charge is 0.384 e. The fourth-order valence-corrected chi connectivity index (χ4v) is 2.72. The van der Waals surface area contributed by atoms with Gasteiger partial charge in [-0.2, -0.15) is 18.4 Å². The Kier molecular flexibility index (Phi) is 5.69. The number of nitrogens with two attached hydrogens (primary N) is 1. The van der Waals surface area contributed by atoms with Gasteiger partial charge < -0.3 is 11.1 Å². The van der Waals surface area contributed by atoms with E-state index in [0.29, 0.717) is 16.7 Å². The lowest BCUT2D eigenvalue weighted by Gasteiger charge is -2.10. The van der Waals surface area contributed by atoms with E-state index in [1.54, 1.807) is 6.07 Å². The van der Waals surface area contributed by atoms with E-state index in [1.807, 2.05) is 0 Å². The van der Waals surface area contributed by atoms with Crippen molar-refractivity contribution in [2.24, 2.45) is 0 Å². The van der Waals surface area contributed by atoms with Crippen LogP contribution in [0.5, 0.6) is 0 Å². The first-order valence-corrected chi connectivity index (χ1v) is 8.59. The number of nitrogens with zero attached hydrogens (tertiary/aromatic N) is 2. The Morgan fingerprint density at radius 1 is 1.07 bits per heavy atom. The molecule has 0 saturated carbocycles. The SMILES string of the molecule is N#Cc1ccc(CNC(=O)c2cc(-c3ccc(C(F)(F)F)cc3)cc(N)n2)cc1F. The summed E-state index contributed by atoms with van der Waals surface area (Å²) in [4.78, 5) is 16.4. The summed E-state index contributed by atoms with van der Waals surface area (Å²) in [6, 6.07) is 12.9. The zero-order chi connectivity index (χ0) is 21.9. The highest BCUT2D eigenvalue weighted by molar-refractivity contribution is 5.94. The molecule has 0 atom stereocenters. The van der Waals surface area contributed by atoms with Gasteiger partial charge in [0.2, 0.25) is 0 Å². The van der Waals surface area contributed by atoms with Crippen molar-refractivity contribution in [3.63, 3.8) is 0 Å². The number of hydrogen-bond donors (Lipinski definition) is 2. The van der Waals surface area contributed by atoms with Crippen LogP contribution < -0.4 is 11.1 Å². The van der Waals surface area contributed by atoms with Gasteiger partial charge in [0.05, 0.1) is 11.1 Å². The molecule has 3 aromatic rings. The molecular weight excluding hydrogens is 400 g/mol. The summed E-state index contributed by atoms with van der Waals surface area (Å²) in [5.74, 6) is -1.28. The van der Waals surface area contributed by atoms with Crippen molar-refractivity contribution in [3.05, 3.63) is 82.8 Å². The number of anilines is 1. The van der Waals surface area contributed by atoms with Crippen LogP contribution >= 0.6 is 0 Å². The lowest BCUT2D eigenvalue weighted by atomic mass is 10.0. The van der Waals surface area contributed by atoms with Crippen molar-refractivity contribution in [2.45, 2.75) is 12.7 Å². The molecule has 152 valence electrons. The summed E-state index contributed by atoms with van der Waals surface area (Å²) in [6.45, 7) is -0.0203. The van der Waals surface area contributed by atoms with Gasteiger partial charge >= 0.3 is 6.18 Å². The Balaban J connectivity index is 1.78. The maximum absolute atomic E-state index is 13.7. The minimum absolute atomic E-state index is 0.0157. The fourth-order valence-electron chi connectivity index (χ4n) is 2.72. The zero-order valence-electron chi connectivity index (χ0n) is 15.3. The van der Waals surface area contributed by atoms with Gasteiger partial charge in [0, 0.05) is 6.54 Å². The number of aromatic nitrogens is 1. The fraction of sp³-hybridized carbons (Fsp3) is 0.0952. The van der Waals surface area contributed by atoms with Crippen LogP contribution in [0.4, 0.5) is 23.4 Å². The van der Waals surface area contributed by atoms with Crippen molar-refractivity contribution in [2.75, 3.05) is 5.73 Å². The summed E-state index contributed by atoms with van der Waals surface area (Å²) < 4.78 is 51.8. The molecule has 5 nitrogen and oxygen atoms in total. The first-order chi connectivity index (χ1) is 14.2. The van der Waals surface area contributed by atoms with E-state index in [0.717, 1.165) is 18.2 Å². The molecule has 0 fully saturated rings. The largest absolute Gasteiger partial charge is 0.416 e. The quantitative estimate of drug-likeness (QED) is 0.623. The van der Waals surface area contributed by atoms with Gasteiger partial charge in [0.25, 0.3) is 5.91 Å². The monoisotopic (exact) mass is 414 g/mol. The average molecular weight is 414 g/mol. The second kappa shape index (κ2) is 8.21. The van der Waals surface area contributed by atoms with Gasteiger partial charge in [0.1, 0.15) is 23.4 Å². The van der Waals surface area contributed by atoms with Crippen LogP contribution in [0.3, 0.4) is 0 Å². The molecule has 0 bridgehead atoms. The van der Waals surface area contributed by atoms with Gasteiger partial charge in [-0.3, -0.25) is 4.79 Å². The number of pyridine rings is 1. The van der Waals surface area contributed by atoms with E-state index in [9.17, 15) is 22.4 Å².